The molecule has 0 aromatic heterocycles. The highest BCUT2D eigenvalue weighted by Gasteiger charge is 2.14. The minimum Gasteiger partial charge on any atom is -0.300 e. The van der Waals surface area contributed by atoms with Gasteiger partial charge in [-0.15, -0.1) is 0 Å². The molecular weight excluding hydrogens is 234 g/mol. The Kier molecular flexibility index (Phi) is 10.8. The van der Waals surface area contributed by atoms with E-state index in [4.69, 9.17) is 0 Å². The minimum absolute atomic E-state index is 1.04. The van der Waals surface area contributed by atoms with Crippen LogP contribution in [0.2, 0.25) is 19.1 Å². The molecule has 1 nitrogen and oxygen atoms in total. The van der Waals surface area contributed by atoms with Crippen molar-refractivity contribution in [1.29, 1.82) is 0 Å². The summed E-state index contributed by atoms with van der Waals surface area (Å²) in [6, 6.07) is 1.42. The summed E-state index contributed by atoms with van der Waals surface area (Å²) in [5.41, 5.74) is 2.56. The Morgan fingerprint density at radius 3 is 1.89 bits per heavy atom. The highest BCUT2D eigenvalue weighted by molar-refractivity contribution is 6.82. The molecule has 108 valence electrons. The van der Waals surface area contributed by atoms with Gasteiger partial charge in [0.05, 0.1) is 8.07 Å². The van der Waals surface area contributed by atoms with Crippen LogP contribution in [0.3, 0.4) is 0 Å². The van der Waals surface area contributed by atoms with Gasteiger partial charge in [-0.2, -0.15) is 0 Å². The second kappa shape index (κ2) is 10.8. The van der Waals surface area contributed by atoms with E-state index in [0.717, 1.165) is 0 Å². The first-order valence-electron chi connectivity index (χ1n) is 7.95. The van der Waals surface area contributed by atoms with Crippen molar-refractivity contribution >= 4 is 8.07 Å². The van der Waals surface area contributed by atoms with Gasteiger partial charge in [0.15, 0.2) is 0 Å². The van der Waals surface area contributed by atoms with E-state index in [9.17, 15) is 0 Å². The summed E-state index contributed by atoms with van der Waals surface area (Å²) in [4.78, 5) is 2.62. The first-order chi connectivity index (χ1) is 8.55. The summed E-state index contributed by atoms with van der Waals surface area (Å²) in [7, 11) is -1.04. The molecule has 0 saturated heterocycles. The maximum Gasteiger partial charge on any atom is 0.0713 e. The van der Waals surface area contributed by atoms with E-state index in [1.165, 1.54) is 57.8 Å². The van der Waals surface area contributed by atoms with Crippen LogP contribution in [0.4, 0.5) is 0 Å². The molecule has 0 aliphatic rings. The Hall–Kier alpha value is -0.0831. The van der Waals surface area contributed by atoms with Gasteiger partial charge in [0, 0.05) is 6.54 Å². The highest BCUT2D eigenvalue weighted by Crippen LogP contribution is 2.13. The normalized spacial score (nSPS) is 12.8. The van der Waals surface area contributed by atoms with Gasteiger partial charge < -0.3 is 0 Å². The van der Waals surface area contributed by atoms with Crippen molar-refractivity contribution in [3.63, 3.8) is 0 Å². The molecular formula is C16H35NSi. The summed E-state index contributed by atoms with van der Waals surface area (Å²) in [6.45, 7) is 15.5. The smallest absolute Gasteiger partial charge is 0.0713 e. The molecule has 0 heterocycles. The van der Waals surface area contributed by atoms with E-state index < -0.39 is 8.07 Å². The van der Waals surface area contributed by atoms with Gasteiger partial charge in [-0.25, -0.2) is 0 Å². The number of rotatable bonds is 11. The molecule has 0 fully saturated rings. The third kappa shape index (κ3) is 9.90. The van der Waals surface area contributed by atoms with Crippen LogP contribution in [0.25, 0.3) is 0 Å². The number of hydrogen-bond donors (Lipinski definition) is 0. The largest absolute Gasteiger partial charge is 0.300 e. The van der Waals surface area contributed by atoms with Crippen LogP contribution in [0.1, 0.15) is 52.9 Å². The van der Waals surface area contributed by atoms with Gasteiger partial charge in [-0.1, -0.05) is 70.9 Å². The molecule has 0 atom stereocenters. The molecule has 0 unspecified atom stereocenters. The predicted octanol–water partition coefficient (Wildman–Crippen LogP) is 5.10. The lowest BCUT2D eigenvalue weighted by Crippen LogP contribution is -2.27. The Morgan fingerprint density at radius 1 is 0.889 bits per heavy atom. The summed E-state index contributed by atoms with van der Waals surface area (Å²) in [6.07, 6.45) is 9.08. The molecule has 18 heavy (non-hydrogen) atoms. The molecule has 0 N–H and O–H groups in total. The average Bonchev–Trinajstić information content (AvgIpc) is 2.31. The topological polar surface area (TPSA) is 3.24 Å². The zero-order valence-electron chi connectivity index (χ0n) is 13.5. The maximum atomic E-state index is 2.62. The van der Waals surface area contributed by atoms with Crippen LogP contribution in [-0.2, 0) is 0 Å². The molecule has 0 spiro atoms. The maximum absolute atomic E-state index is 2.62. The zero-order chi connectivity index (χ0) is 13.9. The summed E-state index contributed by atoms with van der Waals surface area (Å²) < 4.78 is 0. The molecule has 0 radical (unpaired) electrons. The lowest BCUT2D eigenvalue weighted by molar-refractivity contribution is 0.292. The van der Waals surface area contributed by atoms with Crippen molar-refractivity contribution in [3.05, 3.63) is 11.8 Å². The van der Waals surface area contributed by atoms with Gasteiger partial charge in [0.25, 0.3) is 0 Å². The van der Waals surface area contributed by atoms with Crippen LogP contribution in [0.5, 0.6) is 0 Å². The van der Waals surface area contributed by atoms with E-state index in [1.807, 2.05) is 0 Å². The van der Waals surface area contributed by atoms with Crippen molar-refractivity contribution in [2.75, 3.05) is 19.6 Å². The molecule has 0 amide bonds. The van der Waals surface area contributed by atoms with Crippen molar-refractivity contribution in [2.24, 2.45) is 0 Å². The van der Waals surface area contributed by atoms with Crippen molar-refractivity contribution in [2.45, 2.75) is 72.0 Å². The van der Waals surface area contributed by atoms with E-state index in [1.54, 1.807) is 0 Å². The lowest BCUT2D eigenvalue weighted by Gasteiger charge is -2.21. The van der Waals surface area contributed by atoms with E-state index in [0.29, 0.717) is 0 Å². The zero-order valence-corrected chi connectivity index (χ0v) is 14.5. The first kappa shape index (κ1) is 17.9. The number of hydrogen-bond acceptors (Lipinski definition) is 1. The summed E-state index contributed by atoms with van der Waals surface area (Å²) in [5, 5.41) is 0. The number of nitrogens with zero attached hydrogens (tertiary/aromatic N) is 1. The van der Waals surface area contributed by atoms with E-state index in [2.05, 4.69) is 50.5 Å². The molecule has 0 rings (SSSR count). The fraction of sp³-hybridized carbons (Fsp3) is 0.875. The number of unbranched alkanes of at least 4 members (excludes halogenated alkanes) is 2. The molecule has 0 aliphatic heterocycles. The van der Waals surface area contributed by atoms with E-state index in [-0.39, 0.29) is 0 Å². The molecule has 0 aliphatic carbocycles. The van der Waals surface area contributed by atoms with Crippen LogP contribution in [0.15, 0.2) is 11.8 Å². The van der Waals surface area contributed by atoms with Gasteiger partial charge in [0.2, 0.25) is 0 Å². The molecule has 0 aromatic rings. The van der Waals surface area contributed by atoms with Crippen molar-refractivity contribution in [1.82, 2.24) is 4.90 Å². The lowest BCUT2D eigenvalue weighted by atomic mass is 10.2. The van der Waals surface area contributed by atoms with Crippen molar-refractivity contribution in [3.8, 4) is 0 Å². The van der Waals surface area contributed by atoms with Crippen LogP contribution in [0, 0.1) is 0 Å². The van der Waals surface area contributed by atoms with E-state index >= 15 is 0 Å². The van der Waals surface area contributed by atoms with Crippen LogP contribution >= 0.6 is 0 Å². The molecule has 0 aromatic carbocycles. The molecule has 0 bridgehead atoms. The fourth-order valence-electron chi connectivity index (χ4n) is 2.31. The Morgan fingerprint density at radius 2 is 1.44 bits per heavy atom. The standard InChI is InChI=1S/C16H35NSi/c1-6-9-12-17(13-10-7-2)14-11-16-18(4,5)15-8-3/h11,16H,6-10,12-15H2,1-5H3. The van der Waals surface area contributed by atoms with Crippen LogP contribution < -0.4 is 0 Å². The fourth-order valence-corrected chi connectivity index (χ4v) is 4.51. The van der Waals surface area contributed by atoms with Gasteiger partial charge >= 0.3 is 0 Å². The average molecular weight is 270 g/mol. The minimum atomic E-state index is -1.04. The third-order valence-electron chi connectivity index (χ3n) is 3.48. The summed E-state index contributed by atoms with van der Waals surface area (Å²) >= 11 is 0. The molecule has 2 heteroatoms. The predicted molar refractivity (Wildman–Crippen MR) is 88.0 cm³/mol. The Bertz CT molecular complexity index is 203. The third-order valence-corrected chi connectivity index (χ3v) is 6.41. The van der Waals surface area contributed by atoms with Crippen molar-refractivity contribution < 1.29 is 0 Å². The second-order valence-electron chi connectivity index (χ2n) is 6.15. The summed E-state index contributed by atoms with van der Waals surface area (Å²) in [5.74, 6) is 0. The SMILES string of the molecule is CCCCN(CC=C[Si](C)(C)CCC)CCCC. The van der Waals surface area contributed by atoms with Gasteiger partial charge in [-0.05, 0) is 25.9 Å². The van der Waals surface area contributed by atoms with Crippen LogP contribution in [-0.4, -0.2) is 32.6 Å². The second-order valence-corrected chi connectivity index (χ2v) is 11.0. The Balaban J connectivity index is 4.09. The quantitative estimate of drug-likeness (QED) is 0.472. The Labute approximate surface area is 117 Å². The monoisotopic (exact) mass is 269 g/mol. The van der Waals surface area contributed by atoms with Gasteiger partial charge in [0.1, 0.15) is 0 Å². The van der Waals surface area contributed by atoms with Gasteiger partial charge in [-0.3, -0.25) is 4.90 Å². The first-order valence-corrected chi connectivity index (χ1v) is 11.2. The highest BCUT2D eigenvalue weighted by atomic mass is 28.3. The molecule has 0 saturated carbocycles.